The van der Waals surface area contributed by atoms with E-state index in [-0.39, 0.29) is 5.91 Å². The van der Waals surface area contributed by atoms with E-state index < -0.39 is 0 Å². The van der Waals surface area contributed by atoms with Crippen molar-refractivity contribution < 1.29 is 9.53 Å². The van der Waals surface area contributed by atoms with Gasteiger partial charge in [0.2, 0.25) is 0 Å². The summed E-state index contributed by atoms with van der Waals surface area (Å²) in [5, 5.41) is 10.3. The highest BCUT2D eigenvalue weighted by atomic mass is 16.5. The summed E-state index contributed by atoms with van der Waals surface area (Å²) in [6, 6.07) is 13.9. The first kappa shape index (κ1) is 17.5. The van der Waals surface area contributed by atoms with E-state index in [9.17, 15) is 4.79 Å². The maximum atomic E-state index is 12.7. The number of rotatable bonds is 5. The van der Waals surface area contributed by atoms with Gasteiger partial charge in [-0.15, -0.1) is 0 Å². The number of carbonyl (C=O) groups is 1. The number of carbonyl (C=O) groups excluding carboxylic acids is 1. The molecule has 0 fully saturated rings. The zero-order valence-electron chi connectivity index (χ0n) is 16.1. The summed E-state index contributed by atoms with van der Waals surface area (Å²) < 4.78 is 5.31. The van der Waals surface area contributed by atoms with Crippen LogP contribution in [0.5, 0.6) is 5.75 Å². The van der Waals surface area contributed by atoms with Crippen LogP contribution in [0.3, 0.4) is 0 Å². The van der Waals surface area contributed by atoms with Crippen LogP contribution in [0.4, 0.5) is 0 Å². The van der Waals surface area contributed by atoms with E-state index in [1.165, 1.54) is 5.56 Å². The molecule has 0 aliphatic heterocycles. The van der Waals surface area contributed by atoms with Gasteiger partial charge in [-0.1, -0.05) is 12.1 Å². The van der Waals surface area contributed by atoms with Crippen molar-refractivity contribution in [2.45, 2.75) is 19.3 Å². The van der Waals surface area contributed by atoms with Gasteiger partial charge in [0.25, 0.3) is 5.91 Å². The maximum absolute atomic E-state index is 12.7. The lowest BCUT2D eigenvalue weighted by Crippen LogP contribution is -2.27. The van der Waals surface area contributed by atoms with Gasteiger partial charge in [-0.3, -0.25) is 9.89 Å². The zero-order chi connectivity index (χ0) is 19.8. The number of aromatic nitrogens is 4. The Hall–Kier alpha value is -3.61. The quantitative estimate of drug-likeness (QED) is 0.490. The van der Waals surface area contributed by atoms with Crippen LogP contribution in [0.15, 0.2) is 42.5 Å². The van der Waals surface area contributed by atoms with Gasteiger partial charge in [0.1, 0.15) is 17.3 Å². The molecule has 0 atom stereocenters. The number of aryl methyl sites for hydroxylation is 1. The Balaban J connectivity index is 1.29. The summed E-state index contributed by atoms with van der Waals surface area (Å²) in [6.45, 7) is 0.500. The van der Waals surface area contributed by atoms with Crippen molar-refractivity contribution in [2.75, 3.05) is 13.7 Å². The fourth-order valence-corrected chi connectivity index (χ4v) is 3.92. The standard InChI is InChI=1S/C22H21N5O2/c1-29-14-7-9-15-13(12-14)6-8-16-20(15)26-27-21(16)22(28)23-11-10-19-24-17-4-2-3-5-18(17)25-19/h2-5,7,9,12H,6,8,10-11H2,1H3,(H,23,28)(H,24,25)(H,26,27). The molecule has 2 heterocycles. The molecule has 29 heavy (non-hydrogen) atoms. The third-order valence-corrected chi connectivity index (χ3v) is 5.39. The molecule has 0 unspecified atom stereocenters. The first-order valence-electron chi connectivity index (χ1n) is 9.69. The van der Waals surface area contributed by atoms with Crippen LogP contribution in [-0.2, 0) is 19.3 Å². The minimum atomic E-state index is -0.133. The lowest BCUT2D eigenvalue weighted by Gasteiger charge is -2.16. The minimum Gasteiger partial charge on any atom is -0.497 e. The predicted molar refractivity (Wildman–Crippen MR) is 110 cm³/mol. The van der Waals surface area contributed by atoms with Gasteiger partial charge in [-0.05, 0) is 48.7 Å². The van der Waals surface area contributed by atoms with Gasteiger partial charge < -0.3 is 15.0 Å². The molecule has 1 aliphatic rings. The number of fused-ring (bicyclic) bond motifs is 4. The third kappa shape index (κ3) is 3.14. The van der Waals surface area contributed by atoms with Gasteiger partial charge in [-0.2, -0.15) is 5.10 Å². The van der Waals surface area contributed by atoms with Crippen molar-refractivity contribution in [3.63, 3.8) is 0 Å². The van der Waals surface area contributed by atoms with Gasteiger partial charge >= 0.3 is 0 Å². The lowest BCUT2D eigenvalue weighted by atomic mass is 9.89. The van der Waals surface area contributed by atoms with E-state index in [4.69, 9.17) is 4.74 Å². The maximum Gasteiger partial charge on any atom is 0.269 e. The number of hydrogen-bond donors (Lipinski definition) is 3. The predicted octanol–water partition coefficient (Wildman–Crippen LogP) is 3.03. The third-order valence-electron chi connectivity index (χ3n) is 5.39. The smallest absolute Gasteiger partial charge is 0.269 e. The van der Waals surface area contributed by atoms with Crippen LogP contribution in [0.1, 0.15) is 27.4 Å². The molecule has 3 N–H and O–H groups in total. The van der Waals surface area contributed by atoms with Crippen molar-refractivity contribution in [1.82, 2.24) is 25.5 Å². The zero-order valence-corrected chi connectivity index (χ0v) is 16.1. The average Bonchev–Trinajstić information content (AvgIpc) is 3.37. The minimum absolute atomic E-state index is 0.133. The number of amides is 1. The second-order valence-corrected chi connectivity index (χ2v) is 7.16. The normalized spacial score (nSPS) is 12.4. The van der Waals surface area contributed by atoms with E-state index in [2.05, 4.69) is 25.5 Å². The van der Waals surface area contributed by atoms with Crippen molar-refractivity contribution >= 4 is 16.9 Å². The summed E-state index contributed by atoms with van der Waals surface area (Å²) in [5.41, 5.74) is 6.58. The molecular weight excluding hydrogens is 366 g/mol. The number of nitrogens with zero attached hydrogens (tertiary/aromatic N) is 2. The number of benzene rings is 2. The highest BCUT2D eigenvalue weighted by molar-refractivity contribution is 5.96. The second-order valence-electron chi connectivity index (χ2n) is 7.16. The van der Waals surface area contributed by atoms with Crippen molar-refractivity contribution in [3.8, 4) is 17.0 Å². The number of ether oxygens (including phenoxy) is 1. The summed E-state index contributed by atoms with van der Waals surface area (Å²) in [6.07, 6.45) is 2.27. The van der Waals surface area contributed by atoms with Crippen molar-refractivity contribution in [3.05, 3.63) is 65.1 Å². The number of methoxy groups -OCH3 is 1. The number of aromatic amines is 2. The molecule has 5 rings (SSSR count). The van der Waals surface area contributed by atoms with Crippen LogP contribution in [0.25, 0.3) is 22.3 Å². The highest BCUT2D eigenvalue weighted by Crippen LogP contribution is 2.35. The van der Waals surface area contributed by atoms with Gasteiger partial charge in [0.15, 0.2) is 0 Å². The monoisotopic (exact) mass is 387 g/mol. The van der Waals surface area contributed by atoms with E-state index in [1.807, 2.05) is 42.5 Å². The van der Waals surface area contributed by atoms with Crippen molar-refractivity contribution in [2.24, 2.45) is 0 Å². The molecule has 1 amide bonds. The van der Waals surface area contributed by atoms with Crippen LogP contribution >= 0.6 is 0 Å². The van der Waals surface area contributed by atoms with Gasteiger partial charge in [0, 0.05) is 24.1 Å². The van der Waals surface area contributed by atoms with Crippen LogP contribution in [0.2, 0.25) is 0 Å². The average molecular weight is 387 g/mol. The summed E-state index contributed by atoms with van der Waals surface area (Å²) in [7, 11) is 1.66. The number of imidazole rings is 1. The molecule has 1 aliphatic carbocycles. The Morgan fingerprint density at radius 1 is 1.21 bits per heavy atom. The molecule has 0 bridgehead atoms. The number of nitrogens with one attached hydrogen (secondary N) is 3. The highest BCUT2D eigenvalue weighted by Gasteiger charge is 2.25. The summed E-state index contributed by atoms with van der Waals surface area (Å²) in [4.78, 5) is 20.5. The molecule has 0 saturated heterocycles. The fourth-order valence-electron chi connectivity index (χ4n) is 3.92. The molecule has 0 spiro atoms. The summed E-state index contributed by atoms with van der Waals surface area (Å²) in [5.74, 6) is 1.57. The molecule has 0 saturated carbocycles. The molecule has 7 heteroatoms. The molecular formula is C22H21N5O2. The van der Waals surface area contributed by atoms with Crippen LogP contribution in [0, 0.1) is 0 Å². The Morgan fingerprint density at radius 3 is 2.97 bits per heavy atom. The second kappa shape index (κ2) is 7.09. The number of H-pyrrole nitrogens is 2. The van der Waals surface area contributed by atoms with Crippen LogP contribution < -0.4 is 10.1 Å². The summed E-state index contributed by atoms with van der Waals surface area (Å²) >= 11 is 0. The number of hydrogen-bond acceptors (Lipinski definition) is 4. The molecule has 2 aromatic heterocycles. The van der Waals surface area contributed by atoms with Crippen LogP contribution in [-0.4, -0.2) is 39.7 Å². The SMILES string of the molecule is COc1ccc2c(c1)CCc1c-2n[nH]c1C(=O)NCCc1nc2ccccc2[nH]1. The fraction of sp³-hybridized carbons (Fsp3) is 0.227. The molecule has 7 nitrogen and oxygen atoms in total. The first-order chi connectivity index (χ1) is 14.2. The van der Waals surface area contributed by atoms with E-state index >= 15 is 0 Å². The Kier molecular flexibility index (Phi) is 4.27. The molecule has 4 aromatic rings. The van der Waals surface area contributed by atoms with Gasteiger partial charge in [0.05, 0.1) is 23.8 Å². The Bertz CT molecular complexity index is 1170. The van der Waals surface area contributed by atoms with E-state index in [1.54, 1.807) is 7.11 Å². The first-order valence-corrected chi connectivity index (χ1v) is 9.69. The topological polar surface area (TPSA) is 95.7 Å². The molecule has 2 aromatic carbocycles. The molecule has 0 radical (unpaired) electrons. The van der Waals surface area contributed by atoms with E-state index in [0.717, 1.165) is 52.3 Å². The number of para-hydroxylation sites is 2. The van der Waals surface area contributed by atoms with E-state index in [0.29, 0.717) is 18.7 Å². The van der Waals surface area contributed by atoms with Gasteiger partial charge in [-0.25, -0.2) is 4.98 Å². The largest absolute Gasteiger partial charge is 0.497 e. The molecule has 146 valence electrons. The Morgan fingerprint density at radius 2 is 2.10 bits per heavy atom. The Labute approximate surface area is 167 Å². The lowest BCUT2D eigenvalue weighted by molar-refractivity contribution is 0.0948. The van der Waals surface area contributed by atoms with Crippen molar-refractivity contribution in [1.29, 1.82) is 0 Å².